The number of benzene rings is 1. The highest BCUT2D eigenvalue weighted by Gasteiger charge is 2.30. The van der Waals surface area contributed by atoms with Crippen molar-refractivity contribution in [1.82, 2.24) is 9.62 Å². The maximum atomic E-state index is 12.6. The predicted molar refractivity (Wildman–Crippen MR) is 85.1 cm³/mol. The van der Waals surface area contributed by atoms with Crippen LogP contribution in [-0.4, -0.2) is 52.6 Å². The first-order valence-electron chi connectivity index (χ1n) is 7.35. The number of hydrogen-bond acceptors (Lipinski definition) is 5. The lowest BCUT2D eigenvalue weighted by Gasteiger charge is -2.25. The number of carbonyl (C=O) groups is 1. The van der Waals surface area contributed by atoms with E-state index in [2.05, 4.69) is 4.72 Å². The van der Waals surface area contributed by atoms with Gasteiger partial charge in [-0.15, -0.1) is 0 Å². The summed E-state index contributed by atoms with van der Waals surface area (Å²) in [5, 5.41) is 0. The van der Waals surface area contributed by atoms with E-state index in [9.17, 15) is 13.2 Å². The number of fused-ring (bicyclic) bond motifs is 1. The average molecular weight is 342 g/mol. The molecule has 0 spiro atoms. The van der Waals surface area contributed by atoms with Crippen molar-refractivity contribution in [3.05, 3.63) is 18.2 Å². The largest absolute Gasteiger partial charge is 0.486 e. The molecular weight excluding hydrogens is 320 g/mol. The summed E-state index contributed by atoms with van der Waals surface area (Å²) in [6.45, 7) is 4.39. The highest BCUT2D eigenvalue weighted by Crippen LogP contribution is 2.32. The first-order valence-corrected chi connectivity index (χ1v) is 8.84. The average Bonchev–Trinajstić information content (AvgIpc) is 2.51. The fraction of sp³-hybridized carbons (Fsp3) is 0.533. The van der Waals surface area contributed by atoms with Crippen molar-refractivity contribution in [1.29, 1.82) is 0 Å². The number of rotatable bonds is 5. The lowest BCUT2D eigenvalue weighted by molar-refractivity contribution is -0.131. The van der Waals surface area contributed by atoms with Crippen LogP contribution in [-0.2, 0) is 14.8 Å². The van der Waals surface area contributed by atoms with Crippen molar-refractivity contribution < 1.29 is 22.7 Å². The van der Waals surface area contributed by atoms with Crippen LogP contribution in [0.5, 0.6) is 11.5 Å². The van der Waals surface area contributed by atoms with E-state index in [4.69, 9.17) is 9.47 Å². The molecule has 1 amide bonds. The Bertz CT molecular complexity index is 685. The summed E-state index contributed by atoms with van der Waals surface area (Å²) in [6.07, 6.45) is 0. The fourth-order valence-corrected chi connectivity index (χ4v) is 3.53. The Hall–Kier alpha value is -1.80. The standard InChI is InChI=1S/C15H22N2O5S/c1-10(2)14(15(18)17(3)4)16-23(19,20)11-5-6-12-13(9-11)22-8-7-21-12/h5-6,9-10,14,16H,7-8H2,1-4H3/t14-/m1/s1. The summed E-state index contributed by atoms with van der Waals surface area (Å²) in [4.78, 5) is 13.6. The molecule has 0 saturated heterocycles. The minimum absolute atomic E-state index is 0.0407. The van der Waals surface area contributed by atoms with Gasteiger partial charge in [0.1, 0.15) is 19.3 Å². The molecule has 1 aliphatic heterocycles. The molecule has 1 aliphatic rings. The van der Waals surface area contributed by atoms with Crippen LogP contribution in [0.4, 0.5) is 0 Å². The molecule has 1 aromatic rings. The fourth-order valence-electron chi connectivity index (χ4n) is 2.18. The molecule has 8 heteroatoms. The van der Waals surface area contributed by atoms with Crippen molar-refractivity contribution in [3.8, 4) is 11.5 Å². The number of hydrogen-bond donors (Lipinski definition) is 1. The number of nitrogens with one attached hydrogen (secondary N) is 1. The lowest BCUT2D eigenvalue weighted by atomic mass is 10.0. The van der Waals surface area contributed by atoms with Crippen LogP contribution in [0.3, 0.4) is 0 Å². The Labute approximate surface area is 136 Å². The van der Waals surface area contributed by atoms with Gasteiger partial charge in [-0.05, 0) is 18.1 Å². The smallest absolute Gasteiger partial charge is 0.241 e. The molecule has 1 atom stereocenters. The Morgan fingerprint density at radius 2 is 1.78 bits per heavy atom. The van der Waals surface area contributed by atoms with Crippen LogP contribution < -0.4 is 14.2 Å². The van der Waals surface area contributed by atoms with Gasteiger partial charge in [0.25, 0.3) is 0 Å². The van der Waals surface area contributed by atoms with Crippen LogP contribution >= 0.6 is 0 Å². The molecule has 1 heterocycles. The number of ether oxygens (including phenoxy) is 2. The maximum Gasteiger partial charge on any atom is 0.241 e. The van der Waals surface area contributed by atoms with E-state index in [1.165, 1.54) is 17.0 Å². The summed E-state index contributed by atoms with van der Waals surface area (Å²) >= 11 is 0. The topological polar surface area (TPSA) is 84.9 Å². The molecule has 0 fully saturated rings. The number of likely N-dealkylation sites (N-methyl/N-ethyl adjacent to an activating group) is 1. The SMILES string of the molecule is CC(C)[C@@H](NS(=O)(=O)c1ccc2c(c1)OCCO2)C(=O)N(C)C. The van der Waals surface area contributed by atoms with Crippen LogP contribution in [0.2, 0.25) is 0 Å². The number of nitrogens with zero attached hydrogens (tertiary/aromatic N) is 1. The van der Waals surface area contributed by atoms with E-state index >= 15 is 0 Å². The number of carbonyl (C=O) groups excluding carboxylic acids is 1. The zero-order valence-corrected chi connectivity index (χ0v) is 14.5. The second kappa shape index (κ2) is 6.76. The van der Waals surface area contributed by atoms with Gasteiger partial charge >= 0.3 is 0 Å². The Morgan fingerprint density at radius 1 is 1.17 bits per heavy atom. The Morgan fingerprint density at radius 3 is 2.35 bits per heavy atom. The Kier molecular flexibility index (Phi) is 5.16. The third kappa shape index (κ3) is 3.94. The lowest BCUT2D eigenvalue weighted by Crippen LogP contribution is -2.49. The van der Waals surface area contributed by atoms with Crippen molar-refractivity contribution in [2.45, 2.75) is 24.8 Å². The zero-order valence-electron chi connectivity index (χ0n) is 13.7. The molecule has 23 heavy (non-hydrogen) atoms. The summed E-state index contributed by atoms with van der Waals surface area (Å²) in [5.41, 5.74) is 0. The summed E-state index contributed by atoms with van der Waals surface area (Å²) in [6, 6.07) is 3.58. The van der Waals surface area contributed by atoms with Gasteiger partial charge in [-0.25, -0.2) is 8.42 Å². The molecule has 1 N–H and O–H groups in total. The Balaban J connectivity index is 2.28. The summed E-state index contributed by atoms with van der Waals surface area (Å²) in [5.74, 6) is 0.428. The van der Waals surface area contributed by atoms with Gasteiger partial charge in [-0.2, -0.15) is 4.72 Å². The third-order valence-electron chi connectivity index (χ3n) is 3.48. The zero-order chi connectivity index (χ0) is 17.2. The van der Waals surface area contributed by atoms with Crippen molar-refractivity contribution in [2.24, 2.45) is 5.92 Å². The number of amides is 1. The second-order valence-electron chi connectivity index (χ2n) is 5.88. The van der Waals surface area contributed by atoms with Crippen LogP contribution in [0, 0.1) is 5.92 Å². The highest BCUT2D eigenvalue weighted by molar-refractivity contribution is 7.89. The molecule has 0 bridgehead atoms. The normalized spacial score (nSPS) is 15.3. The van der Waals surface area contributed by atoms with Gasteiger partial charge in [0.15, 0.2) is 11.5 Å². The van der Waals surface area contributed by atoms with Gasteiger partial charge in [0.05, 0.1) is 4.90 Å². The van der Waals surface area contributed by atoms with E-state index in [0.717, 1.165) is 0 Å². The maximum absolute atomic E-state index is 12.6. The molecule has 0 radical (unpaired) electrons. The molecule has 0 aliphatic carbocycles. The molecule has 1 aromatic carbocycles. The van der Waals surface area contributed by atoms with E-state index in [0.29, 0.717) is 24.7 Å². The van der Waals surface area contributed by atoms with E-state index in [-0.39, 0.29) is 16.7 Å². The van der Waals surface area contributed by atoms with Gasteiger partial charge in [-0.3, -0.25) is 4.79 Å². The molecular formula is C15H22N2O5S. The molecule has 0 unspecified atom stereocenters. The molecule has 2 rings (SSSR count). The summed E-state index contributed by atoms with van der Waals surface area (Å²) < 4.78 is 38.4. The molecule has 128 valence electrons. The van der Waals surface area contributed by atoms with Crippen LogP contribution in [0.15, 0.2) is 23.1 Å². The van der Waals surface area contributed by atoms with Crippen LogP contribution in [0.25, 0.3) is 0 Å². The van der Waals surface area contributed by atoms with Gasteiger partial charge in [0, 0.05) is 20.2 Å². The monoisotopic (exact) mass is 342 g/mol. The second-order valence-corrected chi connectivity index (χ2v) is 7.60. The third-order valence-corrected chi connectivity index (χ3v) is 4.92. The highest BCUT2D eigenvalue weighted by atomic mass is 32.2. The molecule has 0 aromatic heterocycles. The van der Waals surface area contributed by atoms with Crippen molar-refractivity contribution in [2.75, 3.05) is 27.3 Å². The van der Waals surface area contributed by atoms with E-state index in [1.54, 1.807) is 34.0 Å². The summed E-state index contributed by atoms with van der Waals surface area (Å²) in [7, 11) is -0.663. The number of sulfonamides is 1. The minimum Gasteiger partial charge on any atom is -0.486 e. The van der Waals surface area contributed by atoms with Gasteiger partial charge in [-0.1, -0.05) is 13.8 Å². The first-order chi connectivity index (χ1) is 10.7. The van der Waals surface area contributed by atoms with Crippen molar-refractivity contribution in [3.63, 3.8) is 0 Å². The minimum atomic E-state index is -3.85. The van der Waals surface area contributed by atoms with E-state index in [1.807, 2.05) is 0 Å². The van der Waals surface area contributed by atoms with Gasteiger partial charge in [0.2, 0.25) is 15.9 Å². The predicted octanol–water partition coefficient (Wildman–Crippen LogP) is 0.849. The van der Waals surface area contributed by atoms with Crippen molar-refractivity contribution >= 4 is 15.9 Å². The molecule has 7 nitrogen and oxygen atoms in total. The van der Waals surface area contributed by atoms with Crippen LogP contribution in [0.1, 0.15) is 13.8 Å². The quantitative estimate of drug-likeness (QED) is 0.857. The van der Waals surface area contributed by atoms with E-state index < -0.39 is 16.1 Å². The van der Waals surface area contributed by atoms with Gasteiger partial charge < -0.3 is 14.4 Å². The first kappa shape index (κ1) is 17.6. The molecule has 0 saturated carbocycles.